The van der Waals surface area contributed by atoms with E-state index < -0.39 is 0 Å². The molecule has 0 saturated heterocycles. The van der Waals surface area contributed by atoms with E-state index in [1.807, 2.05) is 12.1 Å². The summed E-state index contributed by atoms with van der Waals surface area (Å²) in [6, 6.07) is 10.0. The zero-order valence-electron chi connectivity index (χ0n) is 11.3. The maximum absolute atomic E-state index is 13.3. The van der Waals surface area contributed by atoms with Gasteiger partial charge in [0.05, 0.1) is 17.3 Å². The van der Waals surface area contributed by atoms with Crippen LogP contribution < -0.4 is 0 Å². The second-order valence-electron chi connectivity index (χ2n) is 4.30. The third kappa shape index (κ3) is 3.77. The molecule has 2 heterocycles. The number of imidazole rings is 1. The van der Waals surface area contributed by atoms with Crippen molar-refractivity contribution >= 4 is 36.4 Å². The number of pyridine rings is 1. The molecule has 7 heteroatoms. The molecule has 3 aromatic rings. The Morgan fingerprint density at radius 1 is 1.09 bits per heavy atom. The molecule has 22 heavy (non-hydrogen) atoms. The molecule has 0 atom stereocenters. The van der Waals surface area contributed by atoms with Gasteiger partial charge < -0.3 is 4.98 Å². The largest absolute Gasteiger partial charge is 0.340 e. The molecule has 0 amide bonds. The van der Waals surface area contributed by atoms with Gasteiger partial charge in [-0.25, -0.2) is 9.37 Å². The topological polar surface area (TPSA) is 41.6 Å². The van der Waals surface area contributed by atoms with Crippen molar-refractivity contribution in [2.45, 2.75) is 5.88 Å². The van der Waals surface area contributed by atoms with Crippen molar-refractivity contribution in [3.8, 4) is 22.6 Å². The van der Waals surface area contributed by atoms with E-state index in [0.29, 0.717) is 17.3 Å². The van der Waals surface area contributed by atoms with E-state index >= 15 is 0 Å². The van der Waals surface area contributed by atoms with Crippen molar-refractivity contribution in [2.24, 2.45) is 0 Å². The van der Waals surface area contributed by atoms with Crippen molar-refractivity contribution in [1.82, 2.24) is 15.0 Å². The highest BCUT2D eigenvalue weighted by Gasteiger charge is 2.13. The summed E-state index contributed by atoms with van der Waals surface area (Å²) in [4.78, 5) is 11.7. The predicted molar refractivity (Wildman–Crippen MR) is 91.3 cm³/mol. The molecule has 0 aliphatic carbocycles. The third-order valence-corrected chi connectivity index (χ3v) is 3.21. The molecule has 0 unspecified atom stereocenters. The Balaban J connectivity index is 0.00000121. The van der Waals surface area contributed by atoms with Crippen LogP contribution >= 0.6 is 36.4 Å². The van der Waals surface area contributed by atoms with Gasteiger partial charge in [-0.15, -0.1) is 36.4 Å². The molecule has 1 aromatic carbocycles. The Kier molecular flexibility index (Phi) is 6.81. The average molecular weight is 361 g/mol. The Bertz CT molecular complexity index is 732. The lowest BCUT2D eigenvalue weighted by Gasteiger charge is -1.97. The van der Waals surface area contributed by atoms with Crippen molar-refractivity contribution < 1.29 is 4.39 Å². The van der Waals surface area contributed by atoms with Gasteiger partial charge >= 0.3 is 0 Å². The number of rotatable bonds is 3. The van der Waals surface area contributed by atoms with E-state index in [0.717, 1.165) is 17.0 Å². The maximum atomic E-state index is 13.3. The van der Waals surface area contributed by atoms with Crippen molar-refractivity contribution in [1.29, 1.82) is 0 Å². The van der Waals surface area contributed by atoms with Gasteiger partial charge in [0.1, 0.15) is 11.6 Å². The lowest BCUT2D eigenvalue weighted by Crippen LogP contribution is -1.84. The van der Waals surface area contributed by atoms with Crippen molar-refractivity contribution in [2.75, 3.05) is 0 Å². The van der Waals surface area contributed by atoms with Gasteiger partial charge in [0.25, 0.3) is 0 Å². The fourth-order valence-electron chi connectivity index (χ4n) is 2.02. The smallest absolute Gasteiger partial charge is 0.138 e. The van der Waals surface area contributed by atoms with Crippen LogP contribution in [-0.4, -0.2) is 15.0 Å². The SMILES string of the molecule is Cl.Cl.Fc1cccc(-c2nc(-c3cccnc3)c(CCl)[nH]2)c1. The molecule has 0 saturated carbocycles. The molecule has 0 spiro atoms. The second kappa shape index (κ2) is 8.13. The lowest BCUT2D eigenvalue weighted by atomic mass is 10.2. The number of H-pyrrole nitrogens is 1. The molecule has 1 N–H and O–H groups in total. The van der Waals surface area contributed by atoms with Crippen LogP contribution in [-0.2, 0) is 5.88 Å². The molecule has 0 bridgehead atoms. The van der Waals surface area contributed by atoms with Crippen molar-refractivity contribution in [3.63, 3.8) is 0 Å². The normalized spacial score (nSPS) is 9.73. The number of hydrogen-bond acceptors (Lipinski definition) is 2. The Morgan fingerprint density at radius 2 is 1.86 bits per heavy atom. The van der Waals surface area contributed by atoms with E-state index in [4.69, 9.17) is 11.6 Å². The summed E-state index contributed by atoms with van der Waals surface area (Å²) in [5.41, 5.74) is 3.10. The summed E-state index contributed by atoms with van der Waals surface area (Å²) in [6.45, 7) is 0. The quantitative estimate of drug-likeness (QED) is 0.678. The molecule has 3 nitrogen and oxygen atoms in total. The Morgan fingerprint density at radius 3 is 2.50 bits per heavy atom. The van der Waals surface area contributed by atoms with E-state index in [1.165, 1.54) is 12.1 Å². The summed E-state index contributed by atoms with van der Waals surface area (Å²) in [5, 5.41) is 0. The molecule has 2 aromatic heterocycles. The van der Waals surface area contributed by atoms with Gasteiger partial charge in [-0.05, 0) is 24.3 Å². The fourth-order valence-corrected chi connectivity index (χ4v) is 2.21. The summed E-state index contributed by atoms with van der Waals surface area (Å²) < 4.78 is 13.3. The van der Waals surface area contributed by atoms with Crippen LogP contribution in [0, 0.1) is 5.82 Å². The summed E-state index contributed by atoms with van der Waals surface area (Å²) in [7, 11) is 0. The van der Waals surface area contributed by atoms with Gasteiger partial charge in [0.2, 0.25) is 0 Å². The van der Waals surface area contributed by atoms with Crippen LogP contribution in [0.3, 0.4) is 0 Å². The first-order valence-corrected chi connectivity index (χ1v) is 6.62. The van der Waals surface area contributed by atoms with Crippen LogP contribution in [0.15, 0.2) is 48.8 Å². The first-order valence-electron chi connectivity index (χ1n) is 6.09. The number of halogens is 4. The van der Waals surface area contributed by atoms with Crippen LogP contribution in [0.5, 0.6) is 0 Å². The molecular formula is C15H13Cl3FN3. The number of alkyl halides is 1. The molecule has 0 fully saturated rings. The minimum Gasteiger partial charge on any atom is -0.340 e. The van der Waals surface area contributed by atoms with Crippen molar-refractivity contribution in [3.05, 3.63) is 60.3 Å². The molecule has 0 radical (unpaired) electrons. The Labute approximate surface area is 144 Å². The van der Waals surface area contributed by atoms with E-state index in [-0.39, 0.29) is 30.6 Å². The number of nitrogens with zero attached hydrogens (tertiary/aromatic N) is 2. The van der Waals surface area contributed by atoms with Gasteiger partial charge in [-0.1, -0.05) is 12.1 Å². The summed E-state index contributed by atoms with van der Waals surface area (Å²) in [6.07, 6.45) is 3.42. The van der Waals surface area contributed by atoms with E-state index in [9.17, 15) is 4.39 Å². The van der Waals surface area contributed by atoms with Gasteiger partial charge in [0.15, 0.2) is 0 Å². The van der Waals surface area contributed by atoms with Crippen LogP contribution in [0.1, 0.15) is 5.69 Å². The highest BCUT2D eigenvalue weighted by atomic mass is 35.5. The van der Waals surface area contributed by atoms with Gasteiger partial charge in [0, 0.05) is 23.5 Å². The van der Waals surface area contributed by atoms with Gasteiger partial charge in [-0.2, -0.15) is 0 Å². The average Bonchev–Trinajstić information content (AvgIpc) is 2.92. The highest BCUT2D eigenvalue weighted by Crippen LogP contribution is 2.26. The first kappa shape index (κ1) is 18.4. The van der Waals surface area contributed by atoms with E-state index in [2.05, 4.69) is 15.0 Å². The number of aromatic amines is 1. The minimum absolute atomic E-state index is 0. The standard InChI is InChI=1S/C15H11ClFN3.2ClH/c16-8-13-14(11-4-2-6-18-9-11)20-15(19-13)10-3-1-5-12(17)7-10;;/h1-7,9H,8H2,(H,19,20);2*1H. The zero-order chi connectivity index (χ0) is 13.9. The molecule has 0 aliphatic heterocycles. The minimum atomic E-state index is -0.297. The monoisotopic (exact) mass is 359 g/mol. The molecule has 3 rings (SSSR count). The second-order valence-corrected chi connectivity index (χ2v) is 4.57. The number of nitrogens with one attached hydrogen (secondary N) is 1. The molecular weight excluding hydrogens is 348 g/mol. The van der Waals surface area contributed by atoms with Gasteiger partial charge in [-0.3, -0.25) is 4.98 Å². The van der Waals surface area contributed by atoms with Crippen LogP contribution in [0.4, 0.5) is 4.39 Å². The van der Waals surface area contributed by atoms with Crippen LogP contribution in [0.25, 0.3) is 22.6 Å². The number of benzene rings is 1. The molecule has 0 aliphatic rings. The number of hydrogen-bond donors (Lipinski definition) is 1. The molecule has 116 valence electrons. The Hall–Kier alpha value is -1.62. The summed E-state index contributed by atoms with van der Waals surface area (Å²) in [5.74, 6) is 0.597. The maximum Gasteiger partial charge on any atom is 0.138 e. The highest BCUT2D eigenvalue weighted by molar-refractivity contribution is 6.17. The zero-order valence-corrected chi connectivity index (χ0v) is 13.7. The lowest BCUT2D eigenvalue weighted by molar-refractivity contribution is 0.628. The predicted octanol–water partition coefficient (Wildman–Crippen LogP) is 4.86. The first-order chi connectivity index (χ1) is 9.78. The summed E-state index contributed by atoms with van der Waals surface area (Å²) >= 11 is 5.95. The third-order valence-electron chi connectivity index (χ3n) is 2.95. The van der Waals surface area contributed by atoms with E-state index in [1.54, 1.807) is 24.5 Å². The van der Waals surface area contributed by atoms with Crippen LogP contribution in [0.2, 0.25) is 0 Å². The number of aromatic nitrogens is 3. The fraction of sp³-hybridized carbons (Fsp3) is 0.0667.